The van der Waals surface area contributed by atoms with Crippen molar-refractivity contribution in [1.82, 2.24) is 0 Å². The molecule has 0 bridgehead atoms. The molecule has 0 saturated carbocycles. The Labute approximate surface area is 171 Å². The van der Waals surface area contributed by atoms with Crippen molar-refractivity contribution < 1.29 is 14.2 Å². The normalized spacial score (nSPS) is 14.1. The highest BCUT2D eigenvalue weighted by Gasteiger charge is 2.21. The van der Waals surface area contributed by atoms with Crippen molar-refractivity contribution in [2.24, 2.45) is 11.8 Å². The average molecular weight is 385 g/mol. The molecule has 3 nitrogen and oxygen atoms in total. The fraction of sp³-hybridized carbons (Fsp3) is 0.520. The summed E-state index contributed by atoms with van der Waals surface area (Å²) in [6.45, 7) is 11.2. The van der Waals surface area contributed by atoms with Crippen LogP contribution in [0, 0.1) is 11.8 Å². The molecule has 0 aliphatic heterocycles. The summed E-state index contributed by atoms with van der Waals surface area (Å²) in [4.78, 5) is 6.01. The minimum atomic E-state index is 0.483. The molecule has 2 unspecified atom stereocenters. The molecule has 0 amide bonds. The van der Waals surface area contributed by atoms with Gasteiger partial charge in [-0.2, -0.15) is 9.48 Å². The minimum absolute atomic E-state index is 0.483. The summed E-state index contributed by atoms with van der Waals surface area (Å²) in [5, 5.41) is 0. The summed E-state index contributed by atoms with van der Waals surface area (Å²) in [6, 6.07) is 19.1. The fourth-order valence-electron chi connectivity index (χ4n) is 3.92. The highest BCUT2D eigenvalue weighted by Crippen LogP contribution is 2.34. The lowest BCUT2D eigenvalue weighted by Gasteiger charge is -2.27. The van der Waals surface area contributed by atoms with Crippen LogP contribution < -0.4 is 4.74 Å². The van der Waals surface area contributed by atoms with E-state index in [4.69, 9.17) is 9.57 Å². The number of hydrogen-bond donors (Lipinski definition) is 0. The number of quaternary nitrogens is 1. The Bertz CT molecular complexity index is 679. The second-order valence-electron chi connectivity index (χ2n) is 8.62. The summed E-state index contributed by atoms with van der Waals surface area (Å²) in [6.07, 6.45) is 1.20. The first-order valence-electron chi connectivity index (χ1n) is 10.6. The Morgan fingerprint density at radius 2 is 1.50 bits per heavy atom. The molecule has 28 heavy (non-hydrogen) atoms. The molecule has 0 heterocycles. The lowest BCUT2D eigenvalue weighted by molar-refractivity contribution is -1.09. The maximum absolute atomic E-state index is 6.01. The lowest BCUT2D eigenvalue weighted by Crippen LogP contribution is -2.39. The van der Waals surface area contributed by atoms with Gasteiger partial charge >= 0.3 is 0 Å². The highest BCUT2D eigenvalue weighted by molar-refractivity contribution is 5.30. The van der Waals surface area contributed by atoms with E-state index in [2.05, 4.69) is 90.3 Å². The zero-order chi connectivity index (χ0) is 20.6. The van der Waals surface area contributed by atoms with Crippen molar-refractivity contribution in [3.63, 3.8) is 0 Å². The lowest BCUT2D eigenvalue weighted by atomic mass is 9.78. The molecular formula is C25H38NO2+. The molecule has 2 aromatic carbocycles. The number of nitrogens with zero attached hydrogens (tertiary/aromatic N) is 1. The van der Waals surface area contributed by atoms with Crippen LogP contribution in [0.2, 0.25) is 0 Å². The van der Waals surface area contributed by atoms with Gasteiger partial charge in [-0.3, -0.25) is 0 Å². The summed E-state index contributed by atoms with van der Waals surface area (Å²) < 4.78 is 6.38. The van der Waals surface area contributed by atoms with Crippen LogP contribution in [0.25, 0.3) is 0 Å². The van der Waals surface area contributed by atoms with Gasteiger partial charge in [0.2, 0.25) is 0 Å². The molecule has 0 aromatic heterocycles. The molecule has 154 valence electrons. The third-order valence-electron chi connectivity index (χ3n) is 5.44. The number of hydroxylamine groups is 3. The van der Waals surface area contributed by atoms with Gasteiger partial charge in [0, 0.05) is 5.56 Å². The van der Waals surface area contributed by atoms with E-state index < -0.39 is 0 Å². The first-order valence-corrected chi connectivity index (χ1v) is 10.6. The topological polar surface area (TPSA) is 18.5 Å². The molecule has 3 heteroatoms. The Morgan fingerprint density at radius 3 is 2.07 bits per heavy atom. The van der Waals surface area contributed by atoms with E-state index in [1.54, 1.807) is 0 Å². The van der Waals surface area contributed by atoms with Gasteiger partial charge in [-0.1, -0.05) is 76.6 Å². The van der Waals surface area contributed by atoms with E-state index in [0.717, 1.165) is 12.3 Å². The van der Waals surface area contributed by atoms with Crippen molar-refractivity contribution in [3.05, 3.63) is 65.7 Å². The molecule has 2 atom stereocenters. The van der Waals surface area contributed by atoms with E-state index in [1.165, 1.54) is 17.5 Å². The fourth-order valence-corrected chi connectivity index (χ4v) is 3.92. The van der Waals surface area contributed by atoms with E-state index in [1.807, 2.05) is 6.07 Å². The second kappa shape index (κ2) is 10.6. The van der Waals surface area contributed by atoms with Crippen LogP contribution in [0.1, 0.15) is 51.2 Å². The summed E-state index contributed by atoms with van der Waals surface area (Å²) >= 11 is 0. The van der Waals surface area contributed by atoms with Gasteiger partial charge in [0.25, 0.3) is 0 Å². The predicted octanol–water partition coefficient (Wildman–Crippen LogP) is 6.06. The number of rotatable bonds is 11. The van der Waals surface area contributed by atoms with Gasteiger partial charge < -0.3 is 4.74 Å². The van der Waals surface area contributed by atoms with Crippen molar-refractivity contribution in [2.75, 3.05) is 27.3 Å². The molecule has 0 radical (unpaired) electrons. The van der Waals surface area contributed by atoms with Crippen LogP contribution in [0.15, 0.2) is 54.6 Å². The van der Waals surface area contributed by atoms with Crippen molar-refractivity contribution in [3.8, 4) is 5.75 Å². The first-order chi connectivity index (χ1) is 13.3. The third-order valence-corrected chi connectivity index (χ3v) is 5.44. The molecule has 0 fully saturated rings. The highest BCUT2D eigenvalue weighted by atomic mass is 16.7. The summed E-state index contributed by atoms with van der Waals surface area (Å²) in [7, 11) is 4.14. The van der Waals surface area contributed by atoms with Gasteiger partial charge in [0.1, 0.15) is 25.5 Å². The molecule has 0 N–H and O–H groups in total. The Hall–Kier alpha value is -1.84. The average Bonchev–Trinajstić information content (AvgIpc) is 2.66. The maximum Gasteiger partial charge on any atom is 0.140 e. The Kier molecular flexibility index (Phi) is 8.53. The van der Waals surface area contributed by atoms with Crippen molar-refractivity contribution >= 4 is 0 Å². The largest absolute Gasteiger partial charge is 0.491 e. The molecule has 0 saturated heterocycles. The Balaban J connectivity index is 1.81. The van der Waals surface area contributed by atoms with Crippen LogP contribution in [0.5, 0.6) is 5.75 Å². The van der Waals surface area contributed by atoms with Crippen LogP contribution in [0.4, 0.5) is 0 Å². The smallest absolute Gasteiger partial charge is 0.140 e. The van der Waals surface area contributed by atoms with Crippen LogP contribution in [-0.4, -0.2) is 32.0 Å². The SMILES string of the molecule is CCC(C)C(c1ccc(OCCO[N+](C)(C)Cc2ccccc2)cc1)C(C)C. The quantitative estimate of drug-likeness (QED) is 0.266. The van der Waals surface area contributed by atoms with Gasteiger partial charge in [-0.15, -0.1) is 0 Å². The second-order valence-corrected chi connectivity index (χ2v) is 8.62. The standard InChI is InChI=1S/C25H38NO2/c1-7-21(4)25(20(2)3)23-13-15-24(16-14-23)27-17-18-28-26(5,6)19-22-11-9-8-10-12-22/h8-16,20-21,25H,7,17-19H2,1-6H3/q+1. The molecule has 0 aliphatic carbocycles. The van der Waals surface area contributed by atoms with Gasteiger partial charge in [-0.25, -0.2) is 0 Å². The van der Waals surface area contributed by atoms with Gasteiger partial charge in [0.05, 0.1) is 14.1 Å². The molecule has 2 rings (SSSR count). The van der Waals surface area contributed by atoms with E-state index in [9.17, 15) is 0 Å². The van der Waals surface area contributed by atoms with Crippen molar-refractivity contribution in [1.29, 1.82) is 0 Å². The Morgan fingerprint density at radius 1 is 0.857 bits per heavy atom. The summed E-state index contributed by atoms with van der Waals surface area (Å²) in [5.74, 6) is 2.83. The van der Waals surface area contributed by atoms with Crippen LogP contribution >= 0.6 is 0 Å². The molecule has 2 aromatic rings. The van der Waals surface area contributed by atoms with E-state index in [0.29, 0.717) is 35.6 Å². The zero-order valence-electron chi connectivity index (χ0n) is 18.5. The van der Waals surface area contributed by atoms with Gasteiger partial charge in [0.15, 0.2) is 0 Å². The molecular weight excluding hydrogens is 346 g/mol. The minimum Gasteiger partial charge on any atom is -0.491 e. The van der Waals surface area contributed by atoms with E-state index >= 15 is 0 Å². The predicted molar refractivity (Wildman–Crippen MR) is 117 cm³/mol. The molecule has 0 spiro atoms. The molecule has 0 aliphatic rings. The monoisotopic (exact) mass is 384 g/mol. The number of benzene rings is 2. The third kappa shape index (κ3) is 6.96. The number of hydrogen-bond acceptors (Lipinski definition) is 2. The first kappa shape index (κ1) is 22.4. The van der Waals surface area contributed by atoms with Gasteiger partial charge in [-0.05, 0) is 35.4 Å². The summed E-state index contributed by atoms with van der Waals surface area (Å²) in [5.41, 5.74) is 2.68. The maximum atomic E-state index is 6.01. The van der Waals surface area contributed by atoms with Crippen LogP contribution in [-0.2, 0) is 11.4 Å². The number of ether oxygens (including phenoxy) is 1. The zero-order valence-corrected chi connectivity index (χ0v) is 18.5. The van der Waals surface area contributed by atoms with E-state index in [-0.39, 0.29) is 0 Å². The van der Waals surface area contributed by atoms with Crippen LogP contribution in [0.3, 0.4) is 0 Å². The van der Waals surface area contributed by atoms with Crippen molar-refractivity contribution in [2.45, 2.75) is 46.6 Å².